The summed E-state index contributed by atoms with van der Waals surface area (Å²) in [5.74, 6) is 0. The molecular weight excluding hydrogens is 417 g/mol. The van der Waals surface area contributed by atoms with Crippen LogP contribution in [-0.2, 0) is 12.6 Å². The fraction of sp³-hybridized carbons (Fsp3) is 0.200. The highest BCUT2D eigenvalue weighted by Crippen LogP contribution is 2.36. The minimum Gasteiger partial charge on any atom is -0.360 e. The van der Waals surface area contributed by atoms with Crippen molar-refractivity contribution in [2.45, 2.75) is 18.6 Å². The molecule has 1 aromatic carbocycles. The molecule has 0 unspecified atom stereocenters. The van der Waals surface area contributed by atoms with Gasteiger partial charge in [-0.05, 0) is 42.3 Å². The van der Waals surface area contributed by atoms with Gasteiger partial charge in [0, 0.05) is 29.9 Å². The summed E-state index contributed by atoms with van der Waals surface area (Å²) in [6.45, 7) is 0.474. The van der Waals surface area contributed by atoms with Gasteiger partial charge in [-0.1, -0.05) is 23.5 Å². The van der Waals surface area contributed by atoms with Gasteiger partial charge in [0.1, 0.15) is 0 Å². The number of hydrogen-bond acceptors (Lipinski definition) is 6. The Hall–Kier alpha value is -2.49. The first-order valence-corrected chi connectivity index (χ1v) is 10.5. The summed E-state index contributed by atoms with van der Waals surface area (Å²) in [4.78, 5) is 10.9. The Morgan fingerprint density at radius 1 is 1.03 bits per heavy atom. The van der Waals surface area contributed by atoms with E-state index in [1.807, 2.05) is 24.4 Å². The number of pyridine rings is 1. The van der Waals surface area contributed by atoms with Crippen molar-refractivity contribution in [1.82, 2.24) is 9.97 Å². The molecule has 0 saturated carbocycles. The van der Waals surface area contributed by atoms with E-state index in [0.29, 0.717) is 13.0 Å². The molecule has 0 aliphatic heterocycles. The Morgan fingerprint density at radius 3 is 2.55 bits per heavy atom. The Balaban J connectivity index is 1.34. The molecule has 3 N–H and O–H groups in total. The molecule has 0 bridgehead atoms. The zero-order valence-corrected chi connectivity index (χ0v) is 16.7. The number of halogens is 3. The molecule has 0 amide bonds. The molecule has 3 heterocycles. The van der Waals surface area contributed by atoms with Crippen molar-refractivity contribution in [2.24, 2.45) is 5.73 Å². The van der Waals surface area contributed by atoms with E-state index >= 15 is 0 Å². The molecule has 3 aromatic heterocycles. The van der Waals surface area contributed by atoms with E-state index in [9.17, 15) is 13.2 Å². The van der Waals surface area contributed by atoms with Gasteiger partial charge in [0.2, 0.25) is 0 Å². The number of rotatable bonds is 6. The van der Waals surface area contributed by atoms with Crippen LogP contribution in [0, 0.1) is 0 Å². The number of hydrogen-bond donors (Lipinski definition) is 2. The molecular formula is C20H17F3N4S2. The largest absolute Gasteiger partial charge is 0.416 e. The van der Waals surface area contributed by atoms with Crippen molar-refractivity contribution in [3.05, 3.63) is 66.0 Å². The van der Waals surface area contributed by atoms with Gasteiger partial charge in [-0.2, -0.15) is 13.2 Å². The van der Waals surface area contributed by atoms with Gasteiger partial charge in [0.25, 0.3) is 0 Å². The summed E-state index contributed by atoms with van der Waals surface area (Å²) in [5, 5.41) is 3.97. The van der Waals surface area contributed by atoms with Crippen molar-refractivity contribution in [3.8, 4) is 9.75 Å². The number of benzene rings is 1. The predicted octanol–water partition coefficient (Wildman–Crippen LogP) is 5.42. The van der Waals surface area contributed by atoms with Gasteiger partial charge in [-0.3, -0.25) is 4.98 Å². The quantitative estimate of drug-likeness (QED) is 0.425. The summed E-state index contributed by atoms with van der Waals surface area (Å²) in [7, 11) is 0. The number of anilines is 1. The molecule has 0 aliphatic carbocycles. The zero-order valence-electron chi connectivity index (χ0n) is 15.1. The lowest BCUT2D eigenvalue weighted by molar-refractivity contribution is -0.137. The maximum atomic E-state index is 12.6. The minimum atomic E-state index is -4.32. The molecule has 0 radical (unpaired) electrons. The molecule has 4 rings (SSSR count). The van der Waals surface area contributed by atoms with E-state index in [2.05, 4.69) is 15.3 Å². The van der Waals surface area contributed by atoms with Gasteiger partial charge < -0.3 is 11.1 Å². The summed E-state index contributed by atoms with van der Waals surface area (Å²) in [6.07, 6.45) is -0.254. The SMILES string of the molecule is N[C@H](CNc1ncc(-c2cc3ncccc3s2)s1)Cc1ccc(C(F)(F)F)cc1. The average molecular weight is 435 g/mol. The maximum absolute atomic E-state index is 12.6. The van der Waals surface area contributed by atoms with E-state index in [0.717, 1.165) is 42.8 Å². The van der Waals surface area contributed by atoms with Crippen LogP contribution in [0.4, 0.5) is 18.3 Å². The second-order valence-electron chi connectivity index (χ2n) is 6.57. The highest BCUT2D eigenvalue weighted by Gasteiger charge is 2.29. The lowest BCUT2D eigenvalue weighted by Crippen LogP contribution is -2.31. The Bertz CT molecular complexity index is 1070. The van der Waals surface area contributed by atoms with Crippen LogP contribution in [0.2, 0.25) is 0 Å². The Kier molecular flexibility index (Phi) is 5.53. The Labute approximate surface area is 173 Å². The van der Waals surface area contributed by atoms with Crippen molar-refractivity contribution in [1.29, 1.82) is 0 Å². The Morgan fingerprint density at radius 2 is 1.83 bits per heavy atom. The summed E-state index contributed by atoms with van der Waals surface area (Å²) in [5.41, 5.74) is 7.21. The van der Waals surface area contributed by atoms with Gasteiger partial charge in [0.15, 0.2) is 5.13 Å². The lowest BCUT2D eigenvalue weighted by Gasteiger charge is -2.13. The monoisotopic (exact) mass is 434 g/mol. The first-order valence-electron chi connectivity index (χ1n) is 8.85. The van der Waals surface area contributed by atoms with E-state index in [1.165, 1.54) is 23.5 Å². The third-order valence-corrected chi connectivity index (χ3v) is 6.57. The van der Waals surface area contributed by atoms with Crippen LogP contribution in [-0.4, -0.2) is 22.6 Å². The topological polar surface area (TPSA) is 63.8 Å². The number of aromatic nitrogens is 2. The number of nitrogens with one attached hydrogen (secondary N) is 1. The van der Waals surface area contributed by atoms with E-state index in [4.69, 9.17) is 5.73 Å². The molecule has 0 spiro atoms. The number of fused-ring (bicyclic) bond motifs is 1. The van der Waals surface area contributed by atoms with Crippen molar-refractivity contribution in [2.75, 3.05) is 11.9 Å². The highest BCUT2D eigenvalue weighted by atomic mass is 32.1. The van der Waals surface area contributed by atoms with Crippen LogP contribution in [0.15, 0.2) is 54.9 Å². The fourth-order valence-corrected chi connectivity index (χ4v) is 4.79. The number of alkyl halides is 3. The molecule has 0 saturated heterocycles. The van der Waals surface area contributed by atoms with Crippen LogP contribution in [0.3, 0.4) is 0 Å². The van der Waals surface area contributed by atoms with Gasteiger partial charge in [-0.15, -0.1) is 11.3 Å². The third-order valence-electron chi connectivity index (χ3n) is 4.33. The minimum absolute atomic E-state index is 0.243. The molecule has 4 nitrogen and oxygen atoms in total. The molecule has 29 heavy (non-hydrogen) atoms. The van der Waals surface area contributed by atoms with Crippen LogP contribution in [0.25, 0.3) is 20.0 Å². The first-order chi connectivity index (χ1) is 13.9. The number of nitrogens with zero attached hydrogens (tertiary/aromatic N) is 2. The molecule has 9 heteroatoms. The van der Waals surface area contributed by atoms with Crippen LogP contribution < -0.4 is 11.1 Å². The number of nitrogens with two attached hydrogens (primary N) is 1. The summed E-state index contributed by atoms with van der Waals surface area (Å²) < 4.78 is 39.0. The second-order valence-corrected chi connectivity index (χ2v) is 8.68. The van der Waals surface area contributed by atoms with E-state index in [-0.39, 0.29) is 6.04 Å². The molecule has 0 aliphatic rings. The van der Waals surface area contributed by atoms with Crippen molar-refractivity contribution < 1.29 is 13.2 Å². The average Bonchev–Trinajstić information content (AvgIpc) is 3.33. The zero-order chi connectivity index (χ0) is 20.4. The normalized spacial score (nSPS) is 13.0. The molecule has 0 fully saturated rings. The van der Waals surface area contributed by atoms with Crippen molar-refractivity contribution >= 4 is 38.0 Å². The predicted molar refractivity (Wildman–Crippen MR) is 112 cm³/mol. The van der Waals surface area contributed by atoms with Gasteiger partial charge >= 0.3 is 6.18 Å². The van der Waals surface area contributed by atoms with E-state index in [1.54, 1.807) is 17.5 Å². The smallest absolute Gasteiger partial charge is 0.360 e. The highest BCUT2D eigenvalue weighted by molar-refractivity contribution is 7.27. The molecule has 1 atom stereocenters. The van der Waals surface area contributed by atoms with Crippen LogP contribution in [0.5, 0.6) is 0 Å². The fourth-order valence-electron chi connectivity index (χ4n) is 2.88. The van der Waals surface area contributed by atoms with Gasteiger partial charge in [0.05, 0.1) is 20.7 Å². The lowest BCUT2D eigenvalue weighted by atomic mass is 10.0. The second kappa shape index (κ2) is 8.10. The van der Waals surface area contributed by atoms with E-state index < -0.39 is 11.7 Å². The van der Waals surface area contributed by atoms with Crippen LogP contribution >= 0.6 is 22.7 Å². The van der Waals surface area contributed by atoms with Crippen LogP contribution in [0.1, 0.15) is 11.1 Å². The number of thiazole rings is 1. The standard InChI is InChI=1S/C20H17F3N4S2/c21-20(22,23)13-5-3-12(4-6-13)8-14(24)10-26-19-27-11-18(29-19)17-9-15-16(28-17)2-1-7-25-15/h1-7,9,11,14H,8,10,24H2,(H,26,27)/t14-/m0/s1. The first kappa shape index (κ1) is 19.8. The molecule has 150 valence electrons. The maximum Gasteiger partial charge on any atom is 0.416 e. The number of thiophene rings is 1. The van der Waals surface area contributed by atoms with Gasteiger partial charge in [-0.25, -0.2) is 4.98 Å². The summed E-state index contributed by atoms with van der Waals surface area (Å²) in [6, 6.07) is 10.9. The summed E-state index contributed by atoms with van der Waals surface area (Å²) >= 11 is 3.20. The third kappa shape index (κ3) is 4.75. The molecule has 4 aromatic rings. The van der Waals surface area contributed by atoms with Crippen molar-refractivity contribution in [3.63, 3.8) is 0 Å².